The van der Waals surface area contributed by atoms with Gasteiger partial charge in [0.05, 0.1) is 25.9 Å². The summed E-state index contributed by atoms with van der Waals surface area (Å²) in [5.74, 6) is 0. The average Bonchev–Trinajstić information content (AvgIpc) is 2.42. The monoisotopic (exact) mass is 280 g/mol. The molecule has 1 aliphatic heterocycles. The molecule has 1 heterocycles. The molecular formula is C11H20O8. The molecule has 0 aromatic heterocycles. The molecule has 0 bridgehead atoms. The van der Waals surface area contributed by atoms with Gasteiger partial charge in [0.2, 0.25) is 0 Å². The van der Waals surface area contributed by atoms with E-state index in [9.17, 15) is 20.4 Å². The Morgan fingerprint density at radius 3 is 2.32 bits per heavy atom. The largest absolute Gasteiger partial charge is 0.394 e. The van der Waals surface area contributed by atoms with Crippen LogP contribution in [0.15, 0.2) is 12.2 Å². The van der Waals surface area contributed by atoms with Crippen LogP contribution in [0.2, 0.25) is 0 Å². The summed E-state index contributed by atoms with van der Waals surface area (Å²) >= 11 is 0. The maximum absolute atomic E-state index is 9.65. The highest BCUT2D eigenvalue weighted by atomic mass is 16.7. The molecule has 0 saturated carbocycles. The van der Waals surface area contributed by atoms with Crippen molar-refractivity contribution in [3.05, 3.63) is 12.2 Å². The lowest BCUT2D eigenvalue weighted by molar-refractivity contribution is -0.299. The average molecular weight is 280 g/mol. The van der Waals surface area contributed by atoms with Gasteiger partial charge in [0, 0.05) is 0 Å². The molecule has 0 aromatic rings. The fourth-order valence-electron chi connectivity index (χ4n) is 1.62. The summed E-state index contributed by atoms with van der Waals surface area (Å²) < 4.78 is 10.2. The highest BCUT2D eigenvalue weighted by Gasteiger charge is 2.44. The van der Waals surface area contributed by atoms with E-state index in [2.05, 4.69) is 6.58 Å². The molecule has 1 aliphatic rings. The van der Waals surface area contributed by atoms with Crippen molar-refractivity contribution in [1.29, 1.82) is 0 Å². The predicted octanol–water partition coefficient (Wildman–Crippen LogP) is -3.29. The first-order valence-corrected chi connectivity index (χ1v) is 5.81. The van der Waals surface area contributed by atoms with Gasteiger partial charge in [-0.3, -0.25) is 0 Å². The lowest BCUT2D eigenvalue weighted by Crippen LogP contribution is -2.59. The van der Waals surface area contributed by atoms with Crippen LogP contribution in [0.25, 0.3) is 0 Å². The number of hydrogen-bond acceptors (Lipinski definition) is 8. The second kappa shape index (κ2) is 7.27. The number of aliphatic hydroxyl groups excluding tert-OH is 6. The Kier molecular flexibility index (Phi) is 6.30. The van der Waals surface area contributed by atoms with Crippen molar-refractivity contribution < 1.29 is 40.1 Å². The molecule has 6 N–H and O–H groups in total. The van der Waals surface area contributed by atoms with Gasteiger partial charge >= 0.3 is 0 Å². The number of aliphatic hydroxyl groups is 6. The van der Waals surface area contributed by atoms with E-state index in [4.69, 9.17) is 19.7 Å². The maximum Gasteiger partial charge on any atom is 0.187 e. The van der Waals surface area contributed by atoms with Crippen LogP contribution in [0.1, 0.15) is 0 Å². The fraction of sp³-hybridized carbons (Fsp3) is 0.818. The molecule has 1 saturated heterocycles. The zero-order valence-electron chi connectivity index (χ0n) is 10.3. The Labute approximate surface area is 110 Å². The van der Waals surface area contributed by atoms with Crippen molar-refractivity contribution in [3.8, 4) is 0 Å². The molecule has 0 unspecified atom stereocenters. The van der Waals surface area contributed by atoms with Crippen molar-refractivity contribution in [2.45, 2.75) is 36.8 Å². The first kappa shape index (κ1) is 16.5. The minimum absolute atomic E-state index is 0.166. The molecule has 1 fully saturated rings. The lowest BCUT2D eigenvalue weighted by Gasteiger charge is -2.39. The third kappa shape index (κ3) is 3.94. The van der Waals surface area contributed by atoms with E-state index < -0.39 is 50.0 Å². The molecule has 8 heteroatoms. The highest BCUT2D eigenvalue weighted by Crippen LogP contribution is 2.22. The van der Waals surface area contributed by atoms with Gasteiger partial charge in [0.1, 0.15) is 24.4 Å². The summed E-state index contributed by atoms with van der Waals surface area (Å²) in [6.07, 6.45) is -7.97. The van der Waals surface area contributed by atoms with Crippen molar-refractivity contribution in [3.63, 3.8) is 0 Å². The first-order valence-electron chi connectivity index (χ1n) is 5.81. The Morgan fingerprint density at radius 1 is 1.16 bits per heavy atom. The van der Waals surface area contributed by atoms with Gasteiger partial charge in [-0.05, 0) is 5.57 Å². The van der Waals surface area contributed by atoms with Crippen LogP contribution in [-0.4, -0.2) is 87.3 Å². The summed E-state index contributed by atoms with van der Waals surface area (Å²) in [6, 6.07) is 0. The van der Waals surface area contributed by atoms with Crippen LogP contribution in [0.3, 0.4) is 0 Å². The Bertz CT molecular complexity index is 294. The molecule has 0 radical (unpaired) electrons. The zero-order chi connectivity index (χ0) is 14.6. The molecule has 0 aliphatic carbocycles. The Balaban J connectivity index is 2.55. The summed E-state index contributed by atoms with van der Waals surface area (Å²) in [5, 5.41) is 55.6. The van der Waals surface area contributed by atoms with Gasteiger partial charge in [-0.15, -0.1) is 0 Å². The molecule has 1 rings (SSSR count). The van der Waals surface area contributed by atoms with Crippen molar-refractivity contribution in [1.82, 2.24) is 0 Å². The molecule has 0 spiro atoms. The van der Waals surface area contributed by atoms with E-state index in [0.29, 0.717) is 0 Å². The molecule has 0 aromatic carbocycles. The third-order valence-electron chi connectivity index (χ3n) is 2.93. The summed E-state index contributed by atoms with van der Waals surface area (Å²) in [4.78, 5) is 0. The van der Waals surface area contributed by atoms with E-state index >= 15 is 0 Å². The van der Waals surface area contributed by atoms with Gasteiger partial charge in [-0.1, -0.05) is 6.58 Å². The van der Waals surface area contributed by atoms with E-state index in [1.54, 1.807) is 0 Å². The van der Waals surface area contributed by atoms with E-state index in [1.165, 1.54) is 0 Å². The second-order valence-corrected chi connectivity index (χ2v) is 4.36. The van der Waals surface area contributed by atoms with Crippen molar-refractivity contribution >= 4 is 0 Å². The summed E-state index contributed by atoms with van der Waals surface area (Å²) in [6.45, 7) is 2.19. The highest BCUT2D eigenvalue weighted by molar-refractivity contribution is 5.02. The van der Waals surface area contributed by atoms with Crippen LogP contribution in [0.5, 0.6) is 0 Å². The second-order valence-electron chi connectivity index (χ2n) is 4.36. The van der Waals surface area contributed by atoms with E-state index in [0.717, 1.165) is 0 Å². The van der Waals surface area contributed by atoms with Gasteiger partial charge in [-0.2, -0.15) is 0 Å². The molecule has 0 amide bonds. The number of hydrogen-bond donors (Lipinski definition) is 6. The van der Waals surface area contributed by atoms with Gasteiger partial charge in [0.15, 0.2) is 6.29 Å². The fourth-order valence-corrected chi connectivity index (χ4v) is 1.62. The molecule has 8 nitrogen and oxygen atoms in total. The van der Waals surface area contributed by atoms with Crippen LogP contribution in [-0.2, 0) is 9.47 Å². The van der Waals surface area contributed by atoms with Crippen LogP contribution in [0.4, 0.5) is 0 Å². The summed E-state index contributed by atoms with van der Waals surface area (Å²) in [5.41, 5.74) is 0.166. The Morgan fingerprint density at radius 2 is 1.79 bits per heavy atom. The number of ether oxygens (including phenoxy) is 2. The third-order valence-corrected chi connectivity index (χ3v) is 2.93. The standard InChI is InChI=1S/C11H20O8/c1-5(6(14)2-12)4-18-11-10(17)9(16)8(15)7(3-13)19-11/h6-17H,1-4H2/t6-,7-,8-,9+,10-,11-/m1/s1. The minimum Gasteiger partial charge on any atom is -0.394 e. The van der Waals surface area contributed by atoms with Crippen molar-refractivity contribution in [2.75, 3.05) is 19.8 Å². The quantitative estimate of drug-likeness (QED) is 0.278. The predicted molar refractivity (Wildman–Crippen MR) is 62.0 cm³/mol. The van der Waals surface area contributed by atoms with E-state index in [1.807, 2.05) is 0 Å². The van der Waals surface area contributed by atoms with Crippen LogP contribution >= 0.6 is 0 Å². The zero-order valence-corrected chi connectivity index (χ0v) is 10.3. The van der Waals surface area contributed by atoms with Gasteiger partial charge in [-0.25, -0.2) is 0 Å². The van der Waals surface area contributed by atoms with Gasteiger partial charge in [0.25, 0.3) is 0 Å². The van der Waals surface area contributed by atoms with Crippen LogP contribution < -0.4 is 0 Å². The lowest BCUT2D eigenvalue weighted by atomic mass is 9.99. The van der Waals surface area contributed by atoms with E-state index in [-0.39, 0.29) is 12.2 Å². The molecule has 6 atom stereocenters. The maximum atomic E-state index is 9.65. The topological polar surface area (TPSA) is 140 Å². The summed E-state index contributed by atoms with van der Waals surface area (Å²) in [7, 11) is 0. The van der Waals surface area contributed by atoms with Gasteiger partial charge < -0.3 is 40.1 Å². The molecule has 112 valence electrons. The molecule has 19 heavy (non-hydrogen) atoms. The SMILES string of the molecule is C=C(CO[C@@H]1O[C@H](CO)[C@@H](O)[C@H](O)[C@H]1O)[C@H](O)CO. The smallest absolute Gasteiger partial charge is 0.187 e. The van der Waals surface area contributed by atoms with Crippen molar-refractivity contribution in [2.24, 2.45) is 0 Å². The minimum atomic E-state index is -1.52. The first-order chi connectivity index (χ1) is 8.92. The normalized spacial score (nSPS) is 37.1. The van der Waals surface area contributed by atoms with Crippen LogP contribution in [0, 0.1) is 0 Å². The Hall–Kier alpha value is -0.580. The molecular weight excluding hydrogens is 260 g/mol. The number of rotatable bonds is 6.